The molecule has 9 nitrogen and oxygen atoms in total. The summed E-state index contributed by atoms with van der Waals surface area (Å²) < 4.78 is 10.2. The molecule has 1 saturated carbocycles. The van der Waals surface area contributed by atoms with Gasteiger partial charge in [0.15, 0.2) is 0 Å². The van der Waals surface area contributed by atoms with Crippen molar-refractivity contribution < 1.29 is 28.7 Å². The molecule has 1 aromatic carbocycles. The van der Waals surface area contributed by atoms with Gasteiger partial charge in [-0.1, -0.05) is 31.2 Å². The predicted octanol–water partition coefficient (Wildman–Crippen LogP) is 3.26. The van der Waals surface area contributed by atoms with E-state index in [1.165, 1.54) is 0 Å². The lowest BCUT2D eigenvalue weighted by Gasteiger charge is -2.34. The highest BCUT2D eigenvalue weighted by Crippen LogP contribution is 2.41. The van der Waals surface area contributed by atoms with E-state index >= 15 is 0 Å². The van der Waals surface area contributed by atoms with Gasteiger partial charge in [0, 0.05) is 12.6 Å². The molecule has 0 heterocycles. The molecule has 0 saturated heterocycles. The maximum absolute atomic E-state index is 13.7. The Kier molecular flexibility index (Phi) is 9.68. The minimum absolute atomic E-state index is 0.0322. The smallest absolute Gasteiger partial charge is 0.408 e. The molecular weight excluding hydrogens is 450 g/mol. The van der Waals surface area contributed by atoms with E-state index in [-0.39, 0.29) is 43.3 Å². The molecule has 0 spiro atoms. The molecule has 9 heteroatoms. The Morgan fingerprint density at radius 3 is 2.34 bits per heavy atom. The largest absolute Gasteiger partial charge is 0.466 e. The number of alkyl carbamates (subject to hydrolysis) is 1. The summed E-state index contributed by atoms with van der Waals surface area (Å²) in [5.41, 5.74) is 0.843. The Morgan fingerprint density at radius 2 is 1.80 bits per heavy atom. The van der Waals surface area contributed by atoms with Gasteiger partial charge in [0.1, 0.15) is 17.7 Å². The van der Waals surface area contributed by atoms with E-state index in [4.69, 9.17) is 9.47 Å². The molecule has 1 aromatic rings. The van der Waals surface area contributed by atoms with Gasteiger partial charge >= 0.3 is 12.1 Å². The van der Waals surface area contributed by atoms with Gasteiger partial charge in [0.05, 0.1) is 13.0 Å². The van der Waals surface area contributed by atoms with Crippen molar-refractivity contribution in [2.45, 2.75) is 85.0 Å². The van der Waals surface area contributed by atoms with Gasteiger partial charge in [0.2, 0.25) is 11.8 Å². The minimum atomic E-state index is -0.913. The summed E-state index contributed by atoms with van der Waals surface area (Å²) in [7, 11) is 0. The van der Waals surface area contributed by atoms with Crippen LogP contribution in [-0.4, -0.2) is 59.6 Å². The summed E-state index contributed by atoms with van der Waals surface area (Å²) in [4.78, 5) is 52.8. The van der Waals surface area contributed by atoms with Crippen LogP contribution in [0, 0.1) is 12.8 Å². The van der Waals surface area contributed by atoms with Crippen LogP contribution >= 0.6 is 0 Å². The van der Waals surface area contributed by atoms with Crippen LogP contribution in [0.4, 0.5) is 4.79 Å². The predicted molar refractivity (Wildman–Crippen MR) is 131 cm³/mol. The summed E-state index contributed by atoms with van der Waals surface area (Å²) >= 11 is 0. The number of benzene rings is 1. The highest BCUT2D eigenvalue weighted by Gasteiger charge is 2.47. The van der Waals surface area contributed by atoms with Gasteiger partial charge in [-0.2, -0.15) is 0 Å². The molecule has 2 rings (SSSR count). The van der Waals surface area contributed by atoms with E-state index in [0.29, 0.717) is 5.56 Å². The average molecular weight is 490 g/mol. The van der Waals surface area contributed by atoms with E-state index in [1.54, 1.807) is 39.5 Å². The van der Waals surface area contributed by atoms with E-state index in [2.05, 4.69) is 10.6 Å². The summed E-state index contributed by atoms with van der Waals surface area (Å²) in [5, 5.41) is 5.40. The number of rotatable bonds is 10. The lowest BCUT2D eigenvalue weighted by atomic mass is 9.98. The van der Waals surface area contributed by atoms with Crippen LogP contribution in [0.1, 0.15) is 71.6 Å². The summed E-state index contributed by atoms with van der Waals surface area (Å²) in [5.74, 6) is -0.953. The Bertz CT molecular complexity index is 926. The van der Waals surface area contributed by atoms with Gasteiger partial charge < -0.3 is 25.0 Å². The van der Waals surface area contributed by atoms with Crippen LogP contribution in [0.15, 0.2) is 24.3 Å². The number of amides is 3. The molecule has 1 aliphatic rings. The third-order valence-electron chi connectivity index (χ3n) is 5.73. The van der Waals surface area contributed by atoms with Crippen LogP contribution < -0.4 is 10.6 Å². The van der Waals surface area contributed by atoms with Crippen molar-refractivity contribution in [2.24, 2.45) is 5.92 Å². The number of aryl methyl sites for hydroxylation is 1. The highest BCUT2D eigenvalue weighted by atomic mass is 16.6. The lowest BCUT2D eigenvalue weighted by molar-refractivity contribution is -0.144. The third kappa shape index (κ3) is 8.26. The molecule has 1 aliphatic carbocycles. The summed E-state index contributed by atoms with van der Waals surface area (Å²) in [6, 6.07) is 5.43. The molecular formula is C26H39N3O6. The second-order valence-electron chi connectivity index (χ2n) is 10.00. The second-order valence-corrected chi connectivity index (χ2v) is 10.00. The van der Waals surface area contributed by atoms with Gasteiger partial charge in [-0.3, -0.25) is 14.4 Å². The Morgan fingerprint density at radius 1 is 1.17 bits per heavy atom. The van der Waals surface area contributed by atoms with Crippen molar-refractivity contribution in [3.63, 3.8) is 0 Å². The fourth-order valence-corrected chi connectivity index (χ4v) is 3.87. The number of esters is 1. The summed E-state index contributed by atoms with van der Waals surface area (Å²) in [6.45, 7) is 12.8. The van der Waals surface area contributed by atoms with Gasteiger partial charge in [0.25, 0.3) is 0 Å². The Labute approximate surface area is 207 Å². The normalized spacial score (nSPS) is 18.6. The first-order chi connectivity index (χ1) is 16.4. The zero-order valence-electron chi connectivity index (χ0n) is 21.8. The first-order valence-electron chi connectivity index (χ1n) is 12.2. The van der Waals surface area contributed by atoms with E-state index in [0.717, 1.165) is 12.0 Å². The van der Waals surface area contributed by atoms with E-state index < -0.39 is 29.7 Å². The molecule has 0 bridgehead atoms. The minimum Gasteiger partial charge on any atom is -0.466 e. The molecule has 194 valence electrons. The number of carbonyl (C=O) groups excluding carboxylic acids is 4. The first-order valence-corrected chi connectivity index (χ1v) is 12.2. The number of ether oxygens (including phenoxy) is 2. The molecule has 0 aromatic heterocycles. The molecule has 35 heavy (non-hydrogen) atoms. The molecule has 3 amide bonds. The monoisotopic (exact) mass is 489 g/mol. The van der Waals surface area contributed by atoms with Crippen molar-refractivity contribution in [1.29, 1.82) is 0 Å². The topological polar surface area (TPSA) is 114 Å². The molecule has 0 aliphatic heterocycles. The fourth-order valence-electron chi connectivity index (χ4n) is 3.87. The zero-order valence-corrected chi connectivity index (χ0v) is 21.8. The first kappa shape index (κ1) is 28.1. The van der Waals surface area contributed by atoms with Crippen molar-refractivity contribution in [2.75, 3.05) is 13.2 Å². The molecule has 4 unspecified atom stereocenters. The zero-order chi connectivity index (χ0) is 26.3. The SMILES string of the molecule is CCOC(=O)CCNC(=O)C(c1ccccc1C)N(C(=O)C(C)NC(=O)OC(C)(C)C)C1CC1C. The van der Waals surface area contributed by atoms with E-state index in [9.17, 15) is 19.2 Å². The molecule has 4 atom stereocenters. The van der Waals surface area contributed by atoms with Crippen molar-refractivity contribution in [1.82, 2.24) is 15.5 Å². The van der Waals surface area contributed by atoms with Crippen LogP contribution in [0.2, 0.25) is 0 Å². The number of nitrogens with zero attached hydrogens (tertiary/aromatic N) is 1. The Balaban J connectivity index is 2.31. The Hall–Kier alpha value is -3.10. The van der Waals surface area contributed by atoms with Crippen LogP contribution in [0.3, 0.4) is 0 Å². The van der Waals surface area contributed by atoms with Gasteiger partial charge in [-0.25, -0.2) is 4.79 Å². The highest BCUT2D eigenvalue weighted by molar-refractivity contribution is 5.92. The standard InChI is InChI=1S/C26H39N3O6/c1-8-34-21(30)13-14-27-23(31)22(19-12-10-9-11-16(19)2)29(20-15-17(20)3)24(32)18(4)28-25(33)35-26(5,6)7/h9-12,17-18,20,22H,8,13-15H2,1-7H3,(H,27,31)(H,28,33). The number of nitrogens with one attached hydrogen (secondary N) is 2. The molecule has 2 N–H and O–H groups in total. The second kappa shape index (κ2) is 12.0. The lowest BCUT2D eigenvalue weighted by Crippen LogP contribution is -2.53. The maximum atomic E-state index is 13.7. The average Bonchev–Trinajstić information content (AvgIpc) is 3.46. The van der Waals surface area contributed by atoms with Crippen molar-refractivity contribution in [3.8, 4) is 0 Å². The van der Waals surface area contributed by atoms with Crippen LogP contribution in [0.5, 0.6) is 0 Å². The van der Waals surface area contributed by atoms with Crippen molar-refractivity contribution >= 4 is 23.9 Å². The molecule has 0 radical (unpaired) electrons. The number of hydrogen-bond donors (Lipinski definition) is 2. The maximum Gasteiger partial charge on any atom is 0.408 e. The van der Waals surface area contributed by atoms with Gasteiger partial charge in [-0.15, -0.1) is 0 Å². The fraction of sp³-hybridized carbons (Fsp3) is 0.615. The van der Waals surface area contributed by atoms with Crippen LogP contribution in [-0.2, 0) is 23.9 Å². The van der Waals surface area contributed by atoms with Crippen molar-refractivity contribution in [3.05, 3.63) is 35.4 Å². The summed E-state index contributed by atoms with van der Waals surface area (Å²) in [6.07, 6.45) is 0.0851. The van der Waals surface area contributed by atoms with Crippen LogP contribution in [0.25, 0.3) is 0 Å². The molecule has 1 fully saturated rings. The third-order valence-corrected chi connectivity index (χ3v) is 5.73. The van der Waals surface area contributed by atoms with E-state index in [1.807, 2.05) is 38.1 Å². The number of carbonyl (C=O) groups is 4. The quantitative estimate of drug-likeness (QED) is 0.488. The number of hydrogen-bond acceptors (Lipinski definition) is 6. The van der Waals surface area contributed by atoms with Gasteiger partial charge in [-0.05, 0) is 65.0 Å².